The molecule has 82 valence electrons. The Kier molecular flexibility index (Phi) is 8.07. The van der Waals surface area contributed by atoms with Gasteiger partial charge < -0.3 is 14.0 Å². The SMILES string of the molecule is COC(=O)C[C-](C(=O)OC)S(=O)(=O)O.[Na+]. The molecule has 0 amide bonds. The van der Waals surface area contributed by atoms with Crippen molar-refractivity contribution < 1.29 is 61.6 Å². The molecule has 1 N–H and O–H groups in total. The monoisotopic (exact) mass is 248 g/mol. The molecule has 9 heteroatoms. The molecule has 0 atom stereocenters. The number of hydrogen-bond acceptors (Lipinski definition) is 6. The summed E-state index contributed by atoms with van der Waals surface area (Å²) in [5.41, 5.74) is 0. The minimum Gasteiger partial charge on any atom is -0.490 e. The average Bonchev–Trinajstić information content (AvgIpc) is 2.10. The number of carbonyl (C=O) groups excluding carboxylic acids is 2. The summed E-state index contributed by atoms with van der Waals surface area (Å²) in [6, 6.07) is 0. The molecule has 0 bridgehead atoms. The van der Waals surface area contributed by atoms with Crippen molar-refractivity contribution in [2.75, 3.05) is 14.2 Å². The van der Waals surface area contributed by atoms with Crippen LogP contribution in [0.1, 0.15) is 6.42 Å². The molecule has 7 nitrogen and oxygen atoms in total. The molecule has 0 aliphatic rings. The van der Waals surface area contributed by atoms with Gasteiger partial charge in [0, 0.05) is 0 Å². The number of esters is 2. The first-order chi connectivity index (χ1) is 6.32. The van der Waals surface area contributed by atoms with Gasteiger partial charge in [-0.1, -0.05) is 0 Å². The van der Waals surface area contributed by atoms with Crippen LogP contribution in [0.2, 0.25) is 0 Å². The molecule has 0 fully saturated rings. The first kappa shape index (κ1) is 17.1. The van der Waals surface area contributed by atoms with Crippen LogP contribution in [0.3, 0.4) is 0 Å². The van der Waals surface area contributed by atoms with Gasteiger partial charge >= 0.3 is 29.6 Å². The van der Waals surface area contributed by atoms with Crippen molar-refractivity contribution in [2.24, 2.45) is 0 Å². The van der Waals surface area contributed by atoms with E-state index in [0.29, 0.717) is 0 Å². The van der Waals surface area contributed by atoms with Crippen molar-refractivity contribution in [3.8, 4) is 0 Å². The fourth-order valence-electron chi connectivity index (χ4n) is 0.586. The third kappa shape index (κ3) is 6.00. The van der Waals surface area contributed by atoms with E-state index in [1.54, 1.807) is 0 Å². The molecule has 0 rings (SSSR count). The zero-order valence-electron chi connectivity index (χ0n) is 8.51. The number of ether oxygens (including phenoxy) is 2. The van der Waals surface area contributed by atoms with Gasteiger partial charge in [0.25, 0.3) is 5.97 Å². The quantitative estimate of drug-likeness (QED) is 0.235. The maximum atomic E-state index is 10.8. The van der Waals surface area contributed by atoms with Crippen LogP contribution in [0.5, 0.6) is 0 Å². The van der Waals surface area contributed by atoms with E-state index in [1.165, 1.54) is 0 Å². The zero-order valence-corrected chi connectivity index (χ0v) is 11.3. The number of methoxy groups -OCH3 is 2. The molecule has 0 aliphatic carbocycles. The second kappa shape index (κ2) is 7.07. The molecule has 0 saturated heterocycles. The molecular formula is C6H9NaO7S. The minimum atomic E-state index is -4.74. The van der Waals surface area contributed by atoms with Gasteiger partial charge in [0.2, 0.25) is 0 Å². The fourth-order valence-corrected chi connectivity index (χ4v) is 1.18. The molecule has 0 saturated carbocycles. The summed E-state index contributed by atoms with van der Waals surface area (Å²) < 4.78 is 37.9. The Morgan fingerprint density at radius 3 is 2.00 bits per heavy atom. The maximum Gasteiger partial charge on any atom is 1.00 e. The van der Waals surface area contributed by atoms with E-state index in [9.17, 15) is 18.0 Å². The maximum absolute atomic E-state index is 10.8. The number of carbonyl (C=O) groups is 2. The molecule has 0 unspecified atom stereocenters. The first-order valence-electron chi connectivity index (χ1n) is 3.31. The predicted octanol–water partition coefficient (Wildman–Crippen LogP) is -3.85. The summed E-state index contributed by atoms with van der Waals surface area (Å²) in [5, 5.41) is -1.05. The largest absolute Gasteiger partial charge is 1.00 e. The van der Waals surface area contributed by atoms with Crippen molar-refractivity contribution >= 4 is 22.1 Å². The van der Waals surface area contributed by atoms with Gasteiger partial charge in [-0.25, -0.2) is 8.42 Å². The Morgan fingerprint density at radius 1 is 1.27 bits per heavy atom. The molecule has 0 spiro atoms. The summed E-state index contributed by atoms with van der Waals surface area (Å²) >= 11 is 0. The minimum absolute atomic E-state index is 0. The first-order valence-corrected chi connectivity index (χ1v) is 4.75. The smallest absolute Gasteiger partial charge is 0.490 e. The standard InChI is InChI=1S/C6H9O7S.Na/c1-12-5(7)3-4(6(8)13-2)14(9,10)11;/h3H2,1-2H3,(H,9,10,11);/q-1;+1. The van der Waals surface area contributed by atoms with Crippen LogP contribution in [0.25, 0.3) is 0 Å². The summed E-state index contributed by atoms with van der Waals surface area (Å²) in [6.07, 6.45) is -0.859. The van der Waals surface area contributed by atoms with Crippen molar-refractivity contribution in [3.05, 3.63) is 5.25 Å². The van der Waals surface area contributed by atoms with E-state index >= 15 is 0 Å². The molecule has 0 aromatic heterocycles. The molecule has 15 heavy (non-hydrogen) atoms. The van der Waals surface area contributed by atoms with Crippen LogP contribution in [-0.2, 0) is 29.2 Å². The van der Waals surface area contributed by atoms with E-state index in [2.05, 4.69) is 9.47 Å². The number of hydrogen-bond donors (Lipinski definition) is 1. The predicted molar refractivity (Wildman–Crippen MR) is 43.4 cm³/mol. The van der Waals surface area contributed by atoms with Gasteiger partial charge in [-0.2, -0.15) is 0 Å². The average molecular weight is 248 g/mol. The molecule has 0 aliphatic heterocycles. The summed E-state index contributed by atoms with van der Waals surface area (Å²) in [6.45, 7) is 0. The van der Waals surface area contributed by atoms with Crippen molar-refractivity contribution in [3.63, 3.8) is 0 Å². The van der Waals surface area contributed by atoms with Gasteiger partial charge in [0.15, 0.2) is 16.1 Å². The van der Waals surface area contributed by atoms with Crippen LogP contribution in [-0.4, -0.2) is 39.1 Å². The summed E-state index contributed by atoms with van der Waals surface area (Å²) in [5.74, 6) is -2.26. The Labute approximate surface area is 109 Å². The molecule has 0 radical (unpaired) electrons. The fraction of sp³-hybridized carbons (Fsp3) is 0.500. The van der Waals surface area contributed by atoms with E-state index in [0.717, 1.165) is 14.2 Å². The normalized spacial score (nSPS) is 9.80. The van der Waals surface area contributed by atoms with Crippen LogP contribution >= 0.6 is 0 Å². The van der Waals surface area contributed by atoms with Crippen LogP contribution in [0, 0.1) is 5.25 Å². The molecule has 0 aromatic rings. The third-order valence-electron chi connectivity index (χ3n) is 1.26. The van der Waals surface area contributed by atoms with Gasteiger partial charge in [-0.3, -0.25) is 9.59 Å². The molecular weight excluding hydrogens is 239 g/mol. The van der Waals surface area contributed by atoms with Gasteiger partial charge in [0.1, 0.15) is 0 Å². The van der Waals surface area contributed by atoms with E-state index in [-0.39, 0.29) is 29.6 Å². The van der Waals surface area contributed by atoms with Gasteiger partial charge in [-0.15, -0.1) is 5.25 Å². The van der Waals surface area contributed by atoms with Crippen molar-refractivity contribution in [1.82, 2.24) is 0 Å². The van der Waals surface area contributed by atoms with Crippen molar-refractivity contribution in [1.29, 1.82) is 0 Å². The third-order valence-corrected chi connectivity index (χ3v) is 2.19. The van der Waals surface area contributed by atoms with Gasteiger partial charge in [-0.05, 0) is 6.42 Å². The Bertz CT molecular complexity index is 322. The van der Waals surface area contributed by atoms with E-state index in [4.69, 9.17) is 4.55 Å². The topological polar surface area (TPSA) is 107 Å². The second-order valence-corrected chi connectivity index (χ2v) is 3.59. The van der Waals surface area contributed by atoms with Crippen LogP contribution in [0.15, 0.2) is 0 Å². The second-order valence-electron chi connectivity index (χ2n) is 2.14. The van der Waals surface area contributed by atoms with Crippen molar-refractivity contribution in [2.45, 2.75) is 6.42 Å². The summed E-state index contributed by atoms with van der Waals surface area (Å²) in [4.78, 5) is 21.5. The van der Waals surface area contributed by atoms with E-state index < -0.39 is 33.7 Å². The number of rotatable bonds is 4. The van der Waals surface area contributed by atoms with Crippen LogP contribution in [0.4, 0.5) is 0 Å². The van der Waals surface area contributed by atoms with E-state index in [1.807, 2.05) is 0 Å². The Hall–Kier alpha value is -0.280. The van der Waals surface area contributed by atoms with Crippen LogP contribution < -0.4 is 29.6 Å². The zero-order chi connectivity index (χ0) is 11.4. The van der Waals surface area contributed by atoms with Gasteiger partial charge in [0.05, 0.1) is 14.2 Å². The molecule has 0 aromatic carbocycles. The Balaban J connectivity index is 0. The Morgan fingerprint density at radius 2 is 1.73 bits per heavy atom. The summed E-state index contributed by atoms with van der Waals surface area (Å²) in [7, 11) is -2.80. The molecule has 0 heterocycles.